The molecule has 0 atom stereocenters. The molecule has 0 fully saturated rings. The first kappa shape index (κ1) is 14.0. The first-order chi connectivity index (χ1) is 8.84. The monoisotopic (exact) mass is 320 g/mol. The minimum Gasteiger partial charge on any atom is -0.439 e. The molecule has 0 spiro atoms. The summed E-state index contributed by atoms with van der Waals surface area (Å²) in [7, 11) is 0. The average molecular weight is 321 g/mol. The van der Waals surface area contributed by atoms with Crippen LogP contribution in [0.2, 0.25) is 0 Å². The van der Waals surface area contributed by atoms with E-state index >= 15 is 0 Å². The number of ether oxygens (including phenoxy) is 1. The number of hydrogen-bond acceptors (Lipinski definition) is 3. The molecule has 2 aromatic rings. The summed E-state index contributed by atoms with van der Waals surface area (Å²) >= 11 is 3.33. The molecule has 2 rings (SSSR count). The molecule has 0 saturated heterocycles. The molecule has 0 aliphatic carbocycles. The number of halogens is 1. The van der Waals surface area contributed by atoms with Crippen LogP contribution >= 0.6 is 15.9 Å². The minimum absolute atomic E-state index is 0.146. The van der Waals surface area contributed by atoms with Gasteiger partial charge in [0.25, 0.3) is 0 Å². The summed E-state index contributed by atoms with van der Waals surface area (Å²) in [5.41, 5.74) is 1.42. The normalized spacial score (nSPS) is 11.4. The maximum Gasteiger partial charge on any atom is 0.223 e. The van der Waals surface area contributed by atoms with E-state index in [4.69, 9.17) is 4.74 Å². The molecular weight excluding hydrogens is 304 g/mol. The largest absolute Gasteiger partial charge is 0.439 e. The fourth-order valence-corrected chi connectivity index (χ4v) is 2.15. The van der Waals surface area contributed by atoms with Crippen molar-refractivity contribution in [2.75, 3.05) is 0 Å². The van der Waals surface area contributed by atoms with Gasteiger partial charge in [0.15, 0.2) is 0 Å². The summed E-state index contributed by atoms with van der Waals surface area (Å²) in [6.07, 6.45) is 0. The number of hydrogen-bond donors (Lipinski definition) is 0. The highest BCUT2D eigenvalue weighted by atomic mass is 79.9. The Kier molecular flexibility index (Phi) is 3.90. The van der Waals surface area contributed by atoms with E-state index in [9.17, 15) is 0 Å². The van der Waals surface area contributed by atoms with E-state index < -0.39 is 0 Å². The molecule has 4 heteroatoms. The predicted octanol–water partition coefficient (Wildman–Crippen LogP) is 4.64. The van der Waals surface area contributed by atoms with E-state index in [2.05, 4.69) is 58.8 Å². The summed E-state index contributed by atoms with van der Waals surface area (Å²) < 4.78 is 6.45. The topological polar surface area (TPSA) is 35.0 Å². The minimum atomic E-state index is 0.146. The second-order valence-electron chi connectivity index (χ2n) is 5.45. The summed E-state index contributed by atoms with van der Waals surface area (Å²) in [6.45, 7) is 8.40. The molecule has 100 valence electrons. The zero-order valence-corrected chi connectivity index (χ0v) is 13.2. The van der Waals surface area contributed by atoms with Gasteiger partial charge in [-0.25, -0.2) is 4.98 Å². The van der Waals surface area contributed by atoms with Crippen LogP contribution < -0.4 is 4.74 Å². The fourth-order valence-electron chi connectivity index (χ4n) is 1.70. The number of benzene rings is 1. The number of aryl methyl sites for hydroxylation is 1. The predicted molar refractivity (Wildman–Crippen MR) is 79.7 cm³/mol. The summed E-state index contributed by atoms with van der Waals surface area (Å²) in [5, 5.41) is 0. The molecule has 0 radical (unpaired) electrons. The molecule has 0 unspecified atom stereocenters. The average Bonchev–Trinajstić information content (AvgIpc) is 2.26. The fraction of sp³-hybridized carbons (Fsp3) is 0.333. The molecule has 0 aliphatic rings. The summed E-state index contributed by atoms with van der Waals surface area (Å²) in [6, 6.07) is 9.85. The van der Waals surface area contributed by atoms with Gasteiger partial charge in [-0.05, 0) is 46.0 Å². The van der Waals surface area contributed by atoms with Crippen LogP contribution in [0, 0.1) is 6.92 Å². The van der Waals surface area contributed by atoms with Crippen LogP contribution in [0.5, 0.6) is 11.6 Å². The van der Waals surface area contributed by atoms with Crippen molar-refractivity contribution >= 4 is 15.9 Å². The highest BCUT2D eigenvalue weighted by molar-refractivity contribution is 9.10. The van der Waals surface area contributed by atoms with Gasteiger partial charge in [-0.2, -0.15) is 4.98 Å². The molecule has 1 aromatic heterocycles. The quantitative estimate of drug-likeness (QED) is 0.756. The first-order valence-electron chi connectivity index (χ1n) is 6.14. The van der Waals surface area contributed by atoms with Gasteiger partial charge in [-0.3, -0.25) is 0 Å². The summed E-state index contributed by atoms with van der Waals surface area (Å²) in [5.74, 6) is 2.00. The number of nitrogens with zero attached hydrogens (tertiary/aromatic N) is 2. The SMILES string of the molecule is Cc1nc(Br)cc(Oc2ccc(C(C)(C)C)cc2)n1. The number of rotatable bonds is 2. The van der Waals surface area contributed by atoms with Gasteiger partial charge < -0.3 is 4.74 Å². The Balaban J connectivity index is 2.20. The van der Waals surface area contributed by atoms with Gasteiger partial charge in [0.1, 0.15) is 16.2 Å². The van der Waals surface area contributed by atoms with Gasteiger partial charge >= 0.3 is 0 Å². The molecule has 0 aliphatic heterocycles. The second kappa shape index (κ2) is 5.29. The molecule has 1 aromatic carbocycles. The van der Waals surface area contributed by atoms with Crippen molar-refractivity contribution in [3.8, 4) is 11.6 Å². The van der Waals surface area contributed by atoms with Crippen molar-refractivity contribution in [1.82, 2.24) is 9.97 Å². The van der Waals surface area contributed by atoms with Crippen molar-refractivity contribution in [2.45, 2.75) is 33.1 Å². The zero-order chi connectivity index (χ0) is 14.0. The van der Waals surface area contributed by atoms with Crippen molar-refractivity contribution < 1.29 is 4.74 Å². The Hall–Kier alpha value is -1.42. The third-order valence-corrected chi connectivity index (χ3v) is 3.13. The summed E-state index contributed by atoms with van der Waals surface area (Å²) in [4.78, 5) is 8.39. The maximum absolute atomic E-state index is 5.73. The lowest BCUT2D eigenvalue weighted by Crippen LogP contribution is -2.10. The zero-order valence-electron chi connectivity index (χ0n) is 11.6. The van der Waals surface area contributed by atoms with Gasteiger partial charge in [0.2, 0.25) is 5.88 Å². The van der Waals surface area contributed by atoms with Gasteiger partial charge in [-0.15, -0.1) is 0 Å². The van der Waals surface area contributed by atoms with Crippen LogP contribution in [0.4, 0.5) is 0 Å². The molecular formula is C15H17BrN2O. The van der Waals surface area contributed by atoms with E-state index in [1.165, 1.54) is 5.56 Å². The standard InChI is InChI=1S/C15H17BrN2O/c1-10-17-13(16)9-14(18-10)19-12-7-5-11(6-8-12)15(2,3)4/h5-9H,1-4H3. The highest BCUT2D eigenvalue weighted by Crippen LogP contribution is 2.26. The van der Waals surface area contributed by atoms with Crippen LogP contribution in [0.3, 0.4) is 0 Å². The Morgan fingerprint density at radius 3 is 2.21 bits per heavy atom. The first-order valence-corrected chi connectivity index (χ1v) is 6.93. The van der Waals surface area contributed by atoms with E-state index in [1.54, 1.807) is 6.07 Å². The van der Waals surface area contributed by atoms with Gasteiger partial charge in [0.05, 0.1) is 0 Å². The van der Waals surface area contributed by atoms with E-state index in [1.807, 2.05) is 19.1 Å². The smallest absolute Gasteiger partial charge is 0.223 e. The molecule has 3 nitrogen and oxygen atoms in total. The van der Waals surface area contributed by atoms with Crippen LogP contribution in [-0.4, -0.2) is 9.97 Å². The Bertz CT molecular complexity index is 553. The molecule has 0 N–H and O–H groups in total. The molecule has 1 heterocycles. The lowest BCUT2D eigenvalue weighted by Gasteiger charge is -2.19. The molecule has 19 heavy (non-hydrogen) atoms. The lowest BCUT2D eigenvalue weighted by molar-refractivity contribution is 0.458. The van der Waals surface area contributed by atoms with Crippen LogP contribution in [-0.2, 0) is 5.41 Å². The van der Waals surface area contributed by atoms with Crippen LogP contribution in [0.25, 0.3) is 0 Å². The van der Waals surface area contributed by atoms with E-state index in [0.717, 1.165) is 10.4 Å². The molecule has 0 bridgehead atoms. The maximum atomic E-state index is 5.73. The Morgan fingerprint density at radius 1 is 1.05 bits per heavy atom. The third-order valence-electron chi connectivity index (χ3n) is 2.73. The molecule has 0 amide bonds. The van der Waals surface area contributed by atoms with Crippen LogP contribution in [0.1, 0.15) is 32.2 Å². The van der Waals surface area contributed by atoms with Crippen LogP contribution in [0.15, 0.2) is 34.9 Å². The van der Waals surface area contributed by atoms with E-state index in [-0.39, 0.29) is 5.41 Å². The Morgan fingerprint density at radius 2 is 1.68 bits per heavy atom. The van der Waals surface area contributed by atoms with Crippen molar-refractivity contribution in [2.24, 2.45) is 0 Å². The third kappa shape index (κ3) is 3.77. The lowest BCUT2D eigenvalue weighted by atomic mass is 9.87. The number of aromatic nitrogens is 2. The van der Waals surface area contributed by atoms with Crippen molar-refractivity contribution in [1.29, 1.82) is 0 Å². The van der Waals surface area contributed by atoms with Gasteiger partial charge in [0, 0.05) is 6.07 Å². The van der Waals surface area contributed by atoms with E-state index in [0.29, 0.717) is 11.7 Å². The Labute approximate surface area is 122 Å². The van der Waals surface area contributed by atoms with Crippen molar-refractivity contribution in [3.63, 3.8) is 0 Å². The van der Waals surface area contributed by atoms with Gasteiger partial charge in [-0.1, -0.05) is 32.9 Å². The second-order valence-corrected chi connectivity index (χ2v) is 6.27. The van der Waals surface area contributed by atoms with Crippen molar-refractivity contribution in [3.05, 3.63) is 46.3 Å². The highest BCUT2D eigenvalue weighted by Gasteiger charge is 2.13. The molecule has 0 saturated carbocycles.